The van der Waals surface area contributed by atoms with Crippen LogP contribution >= 0.6 is 0 Å². The second kappa shape index (κ2) is 6.24. The lowest BCUT2D eigenvalue weighted by Crippen LogP contribution is -2.38. The molecule has 0 amide bonds. The molecule has 1 aliphatic rings. The predicted octanol–water partition coefficient (Wildman–Crippen LogP) is 1.30. The van der Waals surface area contributed by atoms with Gasteiger partial charge in [-0.25, -0.2) is 0 Å². The third kappa shape index (κ3) is 3.74. The van der Waals surface area contributed by atoms with Crippen LogP contribution in [0.5, 0.6) is 0 Å². The average molecular weight is 231 g/mol. The molecule has 4 heteroatoms. The summed E-state index contributed by atoms with van der Waals surface area (Å²) < 4.78 is 5.30. The van der Waals surface area contributed by atoms with Crippen molar-refractivity contribution in [3.05, 3.63) is 29.8 Å². The summed E-state index contributed by atoms with van der Waals surface area (Å²) in [5.41, 5.74) is 1.71. The molecule has 1 aromatic carbocycles. The Morgan fingerprint density at radius 2 is 2.18 bits per heavy atom. The van der Waals surface area contributed by atoms with Crippen LogP contribution in [0, 0.1) is 11.3 Å². The van der Waals surface area contributed by atoms with Crippen molar-refractivity contribution in [2.45, 2.75) is 0 Å². The molecule has 1 N–H and O–H groups in total. The lowest BCUT2D eigenvalue weighted by Gasteiger charge is -2.26. The Balaban J connectivity index is 1.75. The molecule has 1 saturated heterocycles. The van der Waals surface area contributed by atoms with Gasteiger partial charge in [0, 0.05) is 31.9 Å². The van der Waals surface area contributed by atoms with Crippen LogP contribution in [0.2, 0.25) is 0 Å². The Bertz CT molecular complexity index is 394. The van der Waals surface area contributed by atoms with Crippen LogP contribution in [0.3, 0.4) is 0 Å². The third-order valence-corrected chi connectivity index (χ3v) is 2.85. The Morgan fingerprint density at radius 3 is 2.94 bits per heavy atom. The first-order valence-corrected chi connectivity index (χ1v) is 5.92. The minimum absolute atomic E-state index is 0.696. The molecule has 0 aliphatic carbocycles. The number of rotatable bonds is 4. The zero-order chi connectivity index (χ0) is 11.9. The van der Waals surface area contributed by atoms with Gasteiger partial charge in [0.05, 0.1) is 24.8 Å². The molecule has 0 radical (unpaired) electrons. The Morgan fingerprint density at radius 1 is 1.35 bits per heavy atom. The molecule has 1 fully saturated rings. The zero-order valence-electron chi connectivity index (χ0n) is 9.85. The molecular formula is C13H17N3O. The van der Waals surface area contributed by atoms with E-state index < -0.39 is 0 Å². The zero-order valence-corrected chi connectivity index (χ0v) is 9.85. The Labute approximate surface area is 102 Å². The highest BCUT2D eigenvalue weighted by molar-refractivity contribution is 5.49. The maximum atomic E-state index is 8.79. The van der Waals surface area contributed by atoms with E-state index >= 15 is 0 Å². The van der Waals surface area contributed by atoms with Gasteiger partial charge < -0.3 is 10.1 Å². The van der Waals surface area contributed by atoms with E-state index in [1.54, 1.807) is 0 Å². The fourth-order valence-electron chi connectivity index (χ4n) is 1.88. The lowest BCUT2D eigenvalue weighted by molar-refractivity contribution is 0.0398. The van der Waals surface area contributed by atoms with Crippen LogP contribution in [-0.4, -0.2) is 44.3 Å². The summed E-state index contributed by atoms with van der Waals surface area (Å²) in [4.78, 5) is 2.38. The first-order valence-electron chi connectivity index (χ1n) is 5.92. The SMILES string of the molecule is N#Cc1cccc(NCCN2CCOCC2)c1. The number of ether oxygens (including phenoxy) is 1. The maximum Gasteiger partial charge on any atom is 0.0992 e. The fourth-order valence-corrected chi connectivity index (χ4v) is 1.88. The minimum atomic E-state index is 0.696. The maximum absolute atomic E-state index is 8.79. The van der Waals surface area contributed by atoms with Gasteiger partial charge >= 0.3 is 0 Å². The van der Waals surface area contributed by atoms with E-state index in [1.165, 1.54) is 0 Å². The minimum Gasteiger partial charge on any atom is -0.384 e. The van der Waals surface area contributed by atoms with Crippen LogP contribution in [0.15, 0.2) is 24.3 Å². The second-order valence-electron chi connectivity index (χ2n) is 4.07. The van der Waals surface area contributed by atoms with Gasteiger partial charge in [0.2, 0.25) is 0 Å². The molecule has 0 spiro atoms. The van der Waals surface area contributed by atoms with Crippen molar-refractivity contribution in [2.24, 2.45) is 0 Å². The van der Waals surface area contributed by atoms with Crippen molar-refractivity contribution in [2.75, 3.05) is 44.7 Å². The molecule has 2 rings (SSSR count). The average Bonchev–Trinajstić information content (AvgIpc) is 2.40. The largest absolute Gasteiger partial charge is 0.384 e. The van der Waals surface area contributed by atoms with E-state index in [9.17, 15) is 0 Å². The van der Waals surface area contributed by atoms with Crippen LogP contribution in [0.1, 0.15) is 5.56 Å². The van der Waals surface area contributed by atoms with E-state index in [1.807, 2.05) is 24.3 Å². The molecule has 0 atom stereocenters. The molecule has 1 heterocycles. The van der Waals surface area contributed by atoms with E-state index in [0.717, 1.165) is 45.1 Å². The third-order valence-electron chi connectivity index (χ3n) is 2.85. The molecule has 0 unspecified atom stereocenters. The molecule has 90 valence electrons. The van der Waals surface area contributed by atoms with E-state index in [-0.39, 0.29) is 0 Å². The monoisotopic (exact) mass is 231 g/mol. The summed E-state index contributed by atoms with van der Waals surface area (Å²) in [7, 11) is 0. The normalized spacial score (nSPS) is 16.4. The van der Waals surface area contributed by atoms with Crippen molar-refractivity contribution >= 4 is 5.69 Å². The van der Waals surface area contributed by atoms with E-state index in [2.05, 4.69) is 16.3 Å². The number of anilines is 1. The first-order chi connectivity index (χ1) is 8.38. The van der Waals surface area contributed by atoms with Gasteiger partial charge in [-0.2, -0.15) is 5.26 Å². The van der Waals surface area contributed by atoms with Crippen LogP contribution < -0.4 is 5.32 Å². The standard InChI is InChI=1S/C13H17N3O/c14-11-12-2-1-3-13(10-12)15-4-5-16-6-8-17-9-7-16/h1-3,10,15H,4-9H2. The van der Waals surface area contributed by atoms with E-state index in [0.29, 0.717) is 5.56 Å². The summed E-state index contributed by atoms with van der Waals surface area (Å²) in [5.74, 6) is 0. The molecule has 1 aromatic rings. The number of hydrogen-bond acceptors (Lipinski definition) is 4. The molecule has 1 aliphatic heterocycles. The molecule has 0 bridgehead atoms. The highest BCUT2D eigenvalue weighted by Crippen LogP contribution is 2.09. The number of nitrogens with zero attached hydrogens (tertiary/aromatic N) is 2. The van der Waals surface area contributed by atoms with Crippen molar-refractivity contribution in [1.82, 2.24) is 4.90 Å². The molecule has 0 saturated carbocycles. The van der Waals surface area contributed by atoms with Crippen molar-refractivity contribution in [3.63, 3.8) is 0 Å². The molecular weight excluding hydrogens is 214 g/mol. The van der Waals surface area contributed by atoms with Crippen LogP contribution in [0.4, 0.5) is 5.69 Å². The van der Waals surface area contributed by atoms with Crippen LogP contribution in [0.25, 0.3) is 0 Å². The topological polar surface area (TPSA) is 48.3 Å². The summed E-state index contributed by atoms with van der Waals surface area (Å²) in [5, 5.41) is 12.1. The number of benzene rings is 1. The molecule has 17 heavy (non-hydrogen) atoms. The number of morpholine rings is 1. The summed E-state index contributed by atoms with van der Waals surface area (Å²) in [6.07, 6.45) is 0. The Kier molecular flexibility index (Phi) is 4.37. The van der Waals surface area contributed by atoms with E-state index in [4.69, 9.17) is 10.00 Å². The predicted molar refractivity (Wildman–Crippen MR) is 66.9 cm³/mol. The number of hydrogen-bond donors (Lipinski definition) is 1. The van der Waals surface area contributed by atoms with Gasteiger partial charge in [0.15, 0.2) is 0 Å². The first kappa shape index (κ1) is 11.9. The number of nitrogens with one attached hydrogen (secondary N) is 1. The Hall–Kier alpha value is -1.57. The summed E-state index contributed by atoms with van der Waals surface area (Å²) >= 11 is 0. The van der Waals surface area contributed by atoms with Gasteiger partial charge in [-0.3, -0.25) is 4.90 Å². The van der Waals surface area contributed by atoms with Crippen molar-refractivity contribution in [1.29, 1.82) is 5.26 Å². The quantitative estimate of drug-likeness (QED) is 0.848. The molecule has 0 aromatic heterocycles. The fraction of sp³-hybridized carbons (Fsp3) is 0.462. The smallest absolute Gasteiger partial charge is 0.0992 e. The summed E-state index contributed by atoms with van der Waals surface area (Å²) in [6.45, 7) is 5.61. The highest BCUT2D eigenvalue weighted by atomic mass is 16.5. The van der Waals surface area contributed by atoms with Crippen molar-refractivity contribution in [3.8, 4) is 6.07 Å². The van der Waals surface area contributed by atoms with Crippen LogP contribution in [-0.2, 0) is 4.74 Å². The second-order valence-corrected chi connectivity index (χ2v) is 4.07. The van der Waals surface area contributed by atoms with Crippen molar-refractivity contribution < 1.29 is 4.74 Å². The summed E-state index contributed by atoms with van der Waals surface area (Å²) in [6, 6.07) is 9.71. The lowest BCUT2D eigenvalue weighted by atomic mass is 10.2. The molecule has 4 nitrogen and oxygen atoms in total. The van der Waals surface area contributed by atoms with Gasteiger partial charge in [-0.05, 0) is 18.2 Å². The van der Waals surface area contributed by atoms with Gasteiger partial charge in [0.25, 0.3) is 0 Å². The highest BCUT2D eigenvalue weighted by Gasteiger charge is 2.08. The number of nitriles is 1. The van der Waals surface area contributed by atoms with Gasteiger partial charge in [-0.1, -0.05) is 6.07 Å². The van der Waals surface area contributed by atoms with Gasteiger partial charge in [-0.15, -0.1) is 0 Å². The van der Waals surface area contributed by atoms with Gasteiger partial charge in [0.1, 0.15) is 0 Å².